The predicted octanol–water partition coefficient (Wildman–Crippen LogP) is 5.14. The number of rotatable bonds is 3. The Hall–Kier alpha value is -1.62. The molecule has 2 heteroatoms. The van der Waals surface area contributed by atoms with Crippen LogP contribution in [0.1, 0.15) is 65.7 Å². The number of hydrogen-bond acceptors (Lipinski definition) is 2. The highest BCUT2D eigenvalue weighted by molar-refractivity contribution is 5.92. The van der Waals surface area contributed by atoms with Crippen molar-refractivity contribution < 1.29 is 9.59 Å². The zero-order valence-electron chi connectivity index (χ0n) is 17.0. The van der Waals surface area contributed by atoms with Gasteiger partial charge in [0.1, 0.15) is 5.78 Å². The van der Waals surface area contributed by atoms with Gasteiger partial charge < -0.3 is 4.79 Å². The lowest BCUT2D eigenvalue weighted by Crippen LogP contribution is -2.49. The van der Waals surface area contributed by atoms with Crippen LogP contribution in [0.25, 0.3) is 0 Å². The largest absolute Gasteiger partial charge is 0.300 e. The number of carbonyl (C=O) groups is 2. The lowest BCUT2D eigenvalue weighted by Gasteiger charge is -2.54. The van der Waals surface area contributed by atoms with Gasteiger partial charge in [-0.15, -0.1) is 6.42 Å². The molecule has 2 nitrogen and oxygen atoms in total. The van der Waals surface area contributed by atoms with E-state index < -0.39 is 0 Å². The average Bonchev–Trinajstić information content (AvgIpc) is 2.87. The molecule has 0 aromatic heterocycles. The quantitative estimate of drug-likeness (QED) is 0.650. The number of ketones is 2. The molecule has 0 aliphatic heterocycles. The minimum absolute atomic E-state index is 0.0506. The summed E-state index contributed by atoms with van der Waals surface area (Å²) >= 11 is 0. The normalized spacial score (nSPS) is 45.3. The van der Waals surface area contributed by atoms with Gasteiger partial charge in [0.05, 0.1) is 0 Å². The lowest BCUT2D eigenvalue weighted by molar-refractivity contribution is -0.118. The van der Waals surface area contributed by atoms with E-state index in [0.29, 0.717) is 42.4 Å². The average molecular weight is 365 g/mol. The first-order valence-electron chi connectivity index (χ1n) is 10.7. The zero-order valence-corrected chi connectivity index (χ0v) is 17.0. The van der Waals surface area contributed by atoms with Crippen LogP contribution in [0.3, 0.4) is 0 Å². The molecule has 27 heavy (non-hydrogen) atoms. The van der Waals surface area contributed by atoms with Crippen molar-refractivity contribution in [2.24, 2.45) is 40.4 Å². The van der Waals surface area contributed by atoms with Crippen LogP contribution in [-0.2, 0) is 9.59 Å². The highest BCUT2D eigenvalue weighted by atomic mass is 16.1. The van der Waals surface area contributed by atoms with Crippen LogP contribution in [0.15, 0.2) is 23.8 Å². The molecule has 6 unspecified atom stereocenters. The first-order chi connectivity index (χ1) is 12.8. The number of Topliss-reactive ketones (excluding diaryl/α,β-unsaturated/α-hetero) is 1. The van der Waals surface area contributed by atoms with Crippen molar-refractivity contribution in [3.8, 4) is 12.3 Å². The van der Waals surface area contributed by atoms with E-state index in [-0.39, 0.29) is 22.4 Å². The van der Waals surface area contributed by atoms with Crippen molar-refractivity contribution >= 4 is 11.6 Å². The maximum Gasteiger partial charge on any atom is 0.155 e. The molecule has 2 fully saturated rings. The van der Waals surface area contributed by atoms with E-state index in [9.17, 15) is 9.59 Å². The molecule has 4 aliphatic carbocycles. The van der Waals surface area contributed by atoms with Gasteiger partial charge in [0.25, 0.3) is 0 Å². The maximum absolute atomic E-state index is 11.9. The Bertz CT molecular complexity index is 766. The van der Waals surface area contributed by atoms with Gasteiger partial charge in [0.2, 0.25) is 0 Å². The van der Waals surface area contributed by atoms with E-state index >= 15 is 0 Å². The van der Waals surface area contributed by atoms with Crippen molar-refractivity contribution in [1.82, 2.24) is 0 Å². The molecule has 0 aromatic carbocycles. The molecule has 7 atom stereocenters. The van der Waals surface area contributed by atoms with E-state index in [4.69, 9.17) is 6.42 Å². The van der Waals surface area contributed by atoms with Gasteiger partial charge in [0.15, 0.2) is 5.78 Å². The molecule has 0 radical (unpaired) electrons. The van der Waals surface area contributed by atoms with E-state index in [0.717, 1.165) is 32.1 Å². The minimum atomic E-state index is -0.0981. The van der Waals surface area contributed by atoms with Gasteiger partial charge in [-0.2, -0.15) is 0 Å². The van der Waals surface area contributed by atoms with Crippen molar-refractivity contribution in [3.63, 3.8) is 0 Å². The monoisotopic (exact) mass is 364 g/mol. The Kier molecular flexibility index (Phi) is 4.49. The minimum Gasteiger partial charge on any atom is -0.300 e. The summed E-state index contributed by atoms with van der Waals surface area (Å²) in [6.45, 7) is 6.42. The second-order valence-electron chi connectivity index (χ2n) is 9.98. The van der Waals surface area contributed by atoms with Crippen molar-refractivity contribution in [3.05, 3.63) is 23.8 Å². The maximum atomic E-state index is 11.9. The predicted molar refractivity (Wildman–Crippen MR) is 108 cm³/mol. The van der Waals surface area contributed by atoms with Crippen LogP contribution < -0.4 is 0 Å². The highest BCUT2D eigenvalue weighted by Crippen LogP contribution is 2.69. The van der Waals surface area contributed by atoms with Crippen LogP contribution in [0.4, 0.5) is 0 Å². The Morgan fingerprint density at radius 2 is 2.15 bits per heavy atom. The summed E-state index contributed by atoms with van der Waals surface area (Å²) in [5.41, 5.74) is 1.21. The highest BCUT2D eigenvalue weighted by Gasteiger charge is 2.64. The van der Waals surface area contributed by atoms with Gasteiger partial charge in [-0.05, 0) is 85.7 Å². The molecular formula is C25H32O2. The summed E-state index contributed by atoms with van der Waals surface area (Å²) in [6.07, 6.45) is 19.4. The van der Waals surface area contributed by atoms with E-state index in [1.54, 1.807) is 6.92 Å². The summed E-state index contributed by atoms with van der Waals surface area (Å²) in [5, 5.41) is 0. The van der Waals surface area contributed by atoms with Gasteiger partial charge >= 0.3 is 0 Å². The van der Waals surface area contributed by atoms with Crippen LogP contribution in [0.2, 0.25) is 0 Å². The van der Waals surface area contributed by atoms with Crippen molar-refractivity contribution in [1.29, 1.82) is 0 Å². The van der Waals surface area contributed by atoms with Crippen molar-refractivity contribution in [2.45, 2.75) is 65.7 Å². The number of carbonyl (C=O) groups excluding carboxylic acids is 2. The summed E-state index contributed by atoms with van der Waals surface area (Å²) in [7, 11) is 0. The van der Waals surface area contributed by atoms with Gasteiger partial charge in [-0.3, -0.25) is 4.79 Å². The third-order valence-electron chi connectivity index (χ3n) is 8.58. The Morgan fingerprint density at radius 1 is 1.37 bits per heavy atom. The topological polar surface area (TPSA) is 34.1 Å². The number of terminal acetylenes is 1. The van der Waals surface area contributed by atoms with E-state index in [1.807, 2.05) is 6.08 Å². The second-order valence-corrected chi connectivity index (χ2v) is 9.98. The molecule has 2 saturated carbocycles. The SMILES string of the molecule is C#CC12CCC3C4CCC(=O)C=C4C=CC3C1[C@@H](C)CC2(C)CCC(C)=O. The summed E-state index contributed by atoms with van der Waals surface area (Å²) < 4.78 is 0. The molecule has 0 heterocycles. The summed E-state index contributed by atoms with van der Waals surface area (Å²) in [4.78, 5) is 23.6. The van der Waals surface area contributed by atoms with E-state index in [1.165, 1.54) is 5.57 Å². The molecule has 0 spiro atoms. The molecule has 0 bridgehead atoms. The van der Waals surface area contributed by atoms with Crippen LogP contribution >= 0.6 is 0 Å². The number of hydrogen-bond donors (Lipinski definition) is 0. The summed E-state index contributed by atoms with van der Waals surface area (Å²) in [5.74, 6) is 6.61. The fourth-order valence-electron chi connectivity index (χ4n) is 7.47. The molecule has 0 amide bonds. The first-order valence-corrected chi connectivity index (χ1v) is 10.7. The fraction of sp³-hybridized carbons (Fsp3) is 0.680. The summed E-state index contributed by atoms with van der Waals surface area (Å²) in [6, 6.07) is 0. The van der Waals surface area contributed by atoms with Crippen LogP contribution in [0.5, 0.6) is 0 Å². The smallest absolute Gasteiger partial charge is 0.155 e. The van der Waals surface area contributed by atoms with Crippen LogP contribution in [0, 0.1) is 52.8 Å². The van der Waals surface area contributed by atoms with E-state index in [2.05, 4.69) is 31.9 Å². The Morgan fingerprint density at radius 3 is 2.85 bits per heavy atom. The van der Waals surface area contributed by atoms with Crippen molar-refractivity contribution in [2.75, 3.05) is 0 Å². The molecule has 4 aliphatic rings. The Balaban J connectivity index is 1.71. The Labute approximate surface area is 163 Å². The third-order valence-corrected chi connectivity index (χ3v) is 8.58. The van der Waals surface area contributed by atoms with Gasteiger partial charge in [-0.1, -0.05) is 31.9 Å². The number of fused-ring (bicyclic) bond motifs is 5. The zero-order chi connectivity index (χ0) is 19.4. The standard InChI is InChI=1S/C25H32O2/c1-5-25-13-11-21-20-9-7-19(27)14-18(20)6-8-22(21)23(25)16(2)15-24(25,4)12-10-17(3)26/h1,6,8,14,16,20-23H,7,9-13,15H2,2-4H3/t16-,20?,21?,22?,23?,24?,25?/m0/s1. The van der Waals surface area contributed by atoms with Gasteiger partial charge in [-0.25, -0.2) is 0 Å². The molecule has 144 valence electrons. The lowest BCUT2D eigenvalue weighted by atomic mass is 9.49. The number of allylic oxidation sites excluding steroid dienone is 4. The first kappa shape index (κ1) is 18.7. The fourth-order valence-corrected chi connectivity index (χ4v) is 7.47. The molecular weight excluding hydrogens is 332 g/mol. The molecule has 4 rings (SSSR count). The molecule has 0 saturated heterocycles. The molecule has 0 aromatic rings. The third kappa shape index (κ3) is 2.69. The van der Waals surface area contributed by atoms with Crippen LogP contribution in [-0.4, -0.2) is 11.6 Å². The second kappa shape index (κ2) is 6.47. The van der Waals surface area contributed by atoms with Gasteiger partial charge in [0, 0.05) is 18.3 Å². The molecule has 0 N–H and O–H groups in total.